The van der Waals surface area contributed by atoms with Gasteiger partial charge in [0.1, 0.15) is 5.84 Å². The van der Waals surface area contributed by atoms with Gasteiger partial charge in [0, 0.05) is 11.1 Å². The van der Waals surface area contributed by atoms with Crippen LogP contribution in [-0.4, -0.2) is 5.84 Å². The predicted octanol–water partition coefficient (Wildman–Crippen LogP) is 5.46. The Kier molecular flexibility index (Phi) is 3.79. The smallest absolute Gasteiger partial charge is 0.124 e. The SMILES string of the molecule is N=C(N)c1c(-c2ccccc2)c(-c2ccccc2)cc2ccccc12. The van der Waals surface area contributed by atoms with Crippen LogP contribution >= 0.6 is 0 Å². The first-order chi connectivity index (χ1) is 12.3. The summed E-state index contributed by atoms with van der Waals surface area (Å²) in [6.07, 6.45) is 0. The van der Waals surface area contributed by atoms with Gasteiger partial charge >= 0.3 is 0 Å². The highest BCUT2D eigenvalue weighted by molar-refractivity contribution is 6.16. The molecule has 0 spiro atoms. The molecule has 0 aliphatic carbocycles. The molecule has 120 valence electrons. The first-order valence-corrected chi connectivity index (χ1v) is 8.26. The van der Waals surface area contributed by atoms with Crippen molar-refractivity contribution in [3.63, 3.8) is 0 Å². The van der Waals surface area contributed by atoms with Crippen LogP contribution in [0.5, 0.6) is 0 Å². The summed E-state index contributed by atoms with van der Waals surface area (Å²) in [5, 5.41) is 10.3. The van der Waals surface area contributed by atoms with Crippen LogP contribution in [0.2, 0.25) is 0 Å². The quantitative estimate of drug-likeness (QED) is 0.382. The van der Waals surface area contributed by atoms with Gasteiger partial charge in [0.05, 0.1) is 0 Å². The Balaban J connectivity index is 2.18. The summed E-state index contributed by atoms with van der Waals surface area (Å²) in [5.74, 6) is 0.0906. The number of hydrogen-bond acceptors (Lipinski definition) is 1. The zero-order valence-corrected chi connectivity index (χ0v) is 13.7. The van der Waals surface area contributed by atoms with E-state index in [2.05, 4.69) is 36.4 Å². The lowest BCUT2D eigenvalue weighted by molar-refractivity contribution is 1.43. The Morgan fingerprint density at radius 1 is 0.680 bits per heavy atom. The third-order valence-corrected chi connectivity index (χ3v) is 4.47. The molecule has 2 nitrogen and oxygen atoms in total. The summed E-state index contributed by atoms with van der Waals surface area (Å²) in [5.41, 5.74) is 11.1. The first-order valence-electron chi connectivity index (χ1n) is 8.26. The second kappa shape index (κ2) is 6.25. The Bertz CT molecular complexity index is 1050. The molecule has 4 aromatic rings. The number of benzene rings is 4. The molecule has 0 aliphatic heterocycles. The highest BCUT2D eigenvalue weighted by Gasteiger charge is 2.18. The maximum absolute atomic E-state index is 8.24. The van der Waals surface area contributed by atoms with Gasteiger partial charge in [0.2, 0.25) is 0 Å². The standard InChI is InChI=1S/C23H18N2/c24-23(25)22-19-14-8-7-13-18(19)15-20(16-9-3-1-4-10-16)21(22)17-11-5-2-6-12-17/h1-15H,(H3,24,25). The van der Waals surface area contributed by atoms with Crippen molar-refractivity contribution in [3.05, 3.63) is 96.6 Å². The zero-order valence-electron chi connectivity index (χ0n) is 13.7. The number of nitrogens with two attached hydrogens (primary N) is 1. The fourth-order valence-corrected chi connectivity index (χ4v) is 3.38. The van der Waals surface area contributed by atoms with Crippen LogP contribution in [0.1, 0.15) is 5.56 Å². The molecule has 0 unspecified atom stereocenters. The maximum atomic E-state index is 8.24. The minimum Gasteiger partial charge on any atom is -0.384 e. The van der Waals surface area contributed by atoms with E-state index >= 15 is 0 Å². The van der Waals surface area contributed by atoms with Crippen LogP contribution in [-0.2, 0) is 0 Å². The molecule has 0 fully saturated rings. The molecular weight excluding hydrogens is 304 g/mol. The van der Waals surface area contributed by atoms with Crippen molar-refractivity contribution in [2.45, 2.75) is 0 Å². The number of hydrogen-bond donors (Lipinski definition) is 2. The summed E-state index contributed by atoms with van der Waals surface area (Å²) in [6.45, 7) is 0. The highest BCUT2D eigenvalue weighted by atomic mass is 14.7. The second-order valence-corrected chi connectivity index (χ2v) is 6.04. The van der Waals surface area contributed by atoms with Crippen molar-refractivity contribution >= 4 is 16.6 Å². The normalized spacial score (nSPS) is 10.7. The summed E-state index contributed by atoms with van der Waals surface area (Å²) in [4.78, 5) is 0. The van der Waals surface area contributed by atoms with Crippen LogP contribution in [0.25, 0.3) is 33.0 Å². The van der Waals surface area contributed by atoms with Crippen LogP contribution in [0.15, 0.2) is 91.0 Å². The van der Waals surface area contributed by atoms with Gasteiger partial charge in [-0.15, -0.1) is 0 Å². The van der Waals surface area contributed by atoms with E-state index in [1.165, 1.54) is 0 Å². The van der Waals surface area contributed by atoms with Gasteiger partial charge in [-0.1, -0.05) is 84.9 Å². The minimum atomic E-state index is 0.0906. The van der Waals surface area contributed by atoms with Crippen LogP contribution < -0.4 is 5.73 Å². The molecule has 0 aromatic heterocycles. The Labute approximate surface area is 147 Å². The molecule has 2 heteroatoms. The van der Waals surface area contributed by atoms with E-state index in [1.807, 2.05) is 54.6 Å². The van der Waals surface area contributed by atoms with E-state index in [1.54, 1.807) is 0 Å². The molecular formula is C23H18N2. The molecule has 0 radical (unpaired) electrons. The Hall–Kier alpha value is -3.39. The lowest BCUT2D eigenvalue weighted by Gasteiger charge is -2.18. The number of rotatable bonds is 3. The Morgan fingerprint density at radius 2 is 1.24 bits per heavy atom. The minimum absolute atomic E-state index is 0.0906. The average molecular weight is 322 g/mol. The van der Waals surface area contributed by atoms with Gasteiger partial charge in [-0.2, -0.15) is 0 Å². The van der Waals surface area contributed by atoms with Crippen molar-refractivity contribution in [1.82, 2.24) is 0 Å². The molecule has 3 N–H and O–H groups in total. The lowest BCUT2D eigenvalue weighted by Crippen LogP contribution is -2.14. The third kappa shape index (κ3) is 2.68. The monoisotopic (exact) mass is 322 g/mol. The summed E-state index contributed by atoms with van der Waals surface area (Å²) < 4.78 is 0. The first kappa shape index (κ1) is 15.2. The van der Waals surface area contributed by atoms with Gasteiger partial charge < -0.3 is 5.73 Å². The number of nitrogens with one attached hydrogen (secondary N) is 1. The largest absolute Gasteiger partial charge is 0.384 e. The molecule has 4 aromatic carbocycles. The van der Waals surface area contributed by atoms with Gasteiger partial charge in [0.25, 0.3) is 0 Å². The molecule has 0 bridgehead atoms. The van der Waals surface area contributed by atoms with Crippen molar-refractivity contribution in [2.24, 2.45) is 5.73 Å². The van der Waals surface area contributed by atoms with Crippen molar-refractivity contribution in [3.8, 4) is 22.3 Å². The van der Waals surface area contributed by atoms with Gasteiger partial charge in [-0.3, -0.25) is 5.41 Å². The average Bonchev–Trinajstić information content (AvgIpc) is 2.67. The molecule has 25 heavy (non-hydrogen) atoms. The topological polar surface area (TPSA) is 49.9 Å². The van der Waals surface area contributed by atoms with E-state index in [0.29, 0.717) is 0 Å². The zero-order chi connectivity index (χ0) is 17.2. The summed E-state index contributed by atoms with van der Waals surface area (Å²) in [7, 11) is 0. The number of amidine groups is 1. The molecule has 0 amide bonds. The predicted molar refractivity (Wildman–Crippen MR) is 106 cm³/mol. The number of nitrogen functional groups attached to an aromatic ring is 1. The molecule has 0 heterocycles. The van der Waals surface area contributed by atoms with E-state index in [0.717, 1.165) is 38.6 Å². The van der Waals surface area contributed by atoms with Gasteiger partial charge in [-0.25, -0.2) is 0 Å². The summed E-state index contributed by atoms with van der Waals surface area (Å²) >= 11 is 0. The van der Waals surface area contributed by atoms with E-state index in [-0.39, 0.29) is 5.84 Å². The van der Waals surface area contributed by atoms with Crippen LogP contribution in [0.3, 0.4) is 0 Å². The molecule has 0 saturated carbocycles. The van der Waals surface area contributed by atoms with E-state index in [9.17, 15) is 0 Å². The lowest BCUT2D eigenvalue weighted by atomic mass is 9.86. The van der Waals surface area contributed by atoms with Crippen molar-refractivity contribution in [2.75, 3.05) is 0 Å². The highest BCUT2D eigenvalue weighted by Crippen LogP contribution is 2.39. The van der Waals surface area contributed by atoms with Crippen LogP contribution in [0, 0.1) is 5.41 Å². The Morgan fingerprint density at radius 3 is 1.88 bits per heavy atom. The molecule has 0 saturated heterocycles. The molecule has 0 atom stereocenters. The van der Waals surface area contributed by atoms with Crippen LogP contribution in [0.4, 0.5) is 0 Å². The molecule has 0 aliphatic rings. The fraction of sp³-hybridized carbons (Fsp3) is 0. The maximum Gasteiger partial charge on any atom is 0.124 e. The molecule has 4 rings (SSSR count). The van der Waals surface area contributed by atoms with Crippen molar-refractivity contribution < 1.29 is 0 Å². The summed E-state index contributed by atoms with van der Waals surface area (Å²) in [6, 6.07) is 30.8. The number of fused-ring (bicyclic) bond motifs is 1. The third-order valence-electron chi connectivity index (χ3n) is 4.47. The van der Waals surface area contributed by atoms with Gasteiger partial charge in [0.15, 0.2) is 0 Å². The van der Waals surface area contributed by atoms with Crippen molar-refractivity contribution in [1.29, 1.82) is 5.41 Å². The fourth-order valence-electron chi connectivity index (χ4n) is 3.38. The second-order valence-electron chi connectivity index (χ2n) is 6.04. The van der Waals surface area contributed by atoms with E-state index in [4.69, 9.17) is 11.1 Å². The van der Waals surface area contributed by atoms with E-state index < -0.39 is 0 Å². The van der Waals surface area contributed by atoms with Gasteiger partial charge in [-0.05, 0) is 33.5 Å².